The van der Waals surface area contributed by atoms with Gasteiger partial charge >= 0.3 is 0 Å². The molecule has 0 spiro atoms. The molecule has 0 saturated carbocycles. The predicted molar refractivity (Wildman–Crippen MR) is 94.8 cm³/mol. The number of hydrogen-bond donors (Lipinski definition) is 3. The first-order chi connectivity index (χ1) is 11.5. The molecule has 0 radical (unpaired) electrons. The van der Waals surface area contributed by atoms with Gasteiger partial charge in [0, 0.05) is 25.1 Å². The number of benzene rings is 2. The van der Waals surface area contributed by atoms with Gasteiger partial charge in [0.1, 0.15) is 0 Å². The maximum Gasteiger partial charge on any atom is 0.251 e. The zero-order chi connectivity index (χ0) is 17.5. The molecule has 0 aliphatic rings. The Labute approximate surface area is 142 Å². The van der Waals surface area contributed by atoms with Gasteiger partial charge in [0.15, 0.2) is 0 Å². The van der Waals surface area contributed by atoms with Gasteiger partial charge in [-0.1, -0.05) is 44.2 Å². The number of fused-ring (bicyclic) bond motifs is 1. The molecule has 0 aromatic heterocycles. The van der Waals surface area contributed by atoms with Crippen LogP contribution in [0.4, 0.5) is 0 Å². The second-order valence-electron chi connectivity index (χ2n) is 6.18. The van der Waals surface area contributed by atoms with Gasteiger partial charge in [0.2, 0.25) is 5.91 Å². The molecule has 0 bridgehead atoms. The third kappa shape index (κ3) is 5.06. The molecule has 5 nitrogen and oxygen atoms in total. The topological polar surface area (TPSA) is 78.4 Å². The molecule has 0 aliphatic heterocycles. The average molecular weight is 328 g/mol. The summed E-state index contributed by atoms with van der Waals surface area (Å²) in [6.07, 6.45) is -0.370. The molecule has 0 heterocycles. The number of hydrogen-bond acceptors (Lipinski definition) is 3. The SMILES string of the molecule is CC(C)C(O)CNC(=O)CCNC(=O)c1ccc2ccccc2c1. The number of amides is 2. The summed E-state index contributed by atoms with van der Waals surface area (Å²) in [6, 6.07) is 13.4. The fourth-order valence-corrected chi connectivity index (χ4v) is 2.26. The van der Waals surface area contributed by atoms with Gasteiger partial charge in [-0.25, -0.2) is 0 Å². The fraction of sp³-hybridized carbons (Fsp3) is 0.368. The first-order valence-electron chi connectivity index (χ1n) is 8.19. The Balaban J connectivity index is 1.79. The zero-order valence-electron chi connectivity index (χ0n) is 14.1. The molecule has 2 aromatic carbocycles. The molecule has 128 valence electrons. The van der Waals surface area contributed by atoms with E-state index in [1.54, 1.807) is 6.07 Å². The summed E-state index contributed by atoms with van der Waals surface area (Å²) < 4.78 is 0. The normalized spacial score (nSPS) is 12.2. The second kappa shape index (κ2) is 8.45. The molecule has 3 N–H and O–H groups in total. The molecule has 2 rings (SSSR count). The van der Waals surface area contributed by atoms with E-state index >= 15 is 0 Å². The maximum absolute atomic E-state index is 12.1. The van der Waals surface area contributed by atoms with E-state index in [1.165, 1.54) is 0 Å². The Morgan fingerprint density at radius 2 is 1.75 bits per heavy atom. The van der Waals surface area contributed by atoms with Crippen LogP contribution in [-0.2, 0) is 4.79 Å². The van der Waals surface area contributed by atoms with E-state index in [4.69, 9.17) is 0 Å². The highest BCUT2D eigenvalue weighted by Gasteiger charge is 2.11. The summed E-state index contributed by atoms with van der Waals surface area (Å²) in [7, 11) is 0. The Morgan fingerprint density at radius 1 is 1.04 bits per heavy atom. The minimum Gasteiger partial charge on any atom is -0.391 e. The lowest BCUT2D eigenvalue weighted by Gasteiger charge is -2.15. The predicted octanol–water partition coefficient (Wildman–Crippen LogP) is 2.09. The average Bonchev–Trinajstić information content (AvgIpc) is 2.58. The summed E-state index contributed by atoms with van der Waals surface area (Å²) in [5, 5.41) is 17.1. The van der Waals surface area contributed by atoms with Crippen molar-refractivity contribution in [2.75, 3.05) is 13.1 Å². The van der Waals surface area contributed by atoms with Crippen LogP contribution < -0.4 is 10.6 Å². The van der Waals surface area contributed by atoms with Crippen LogP contribution in [0.3, 0.4) is 0 Å². The largest absolute Gasteiger partial charge is 0.391 e. The van der Waals surface area contributed by atoms with Crippen molar-refractivity contribution in [1.29, 1.82) is 0 Å². The van der Waals surface area contributed by atoms with Crippen molar-refractivity contribution < 1.29 is 14.7 Å². The number of aliphatic hydroxyl groups excluding tert-OH is 1. The van der Waals surface area contributed by atoms with Crippen LogP contribution in [0.1, 0.15) is 30.6 Å². The summed E-state index contributed by atoms with van der Waals surface area (Å²) in [6.45, 7) is 4.27. The lowest BCUT2D eigenvalue weighted by molar-refractivity contribution is -0.121. The molecular weight excluding hydrogens is 304 g/mol. The van der Waals surface area contributed by atoms with E-state index in [9.17, 15) is 14.7 Å². The van der Waals surface area contributed by atoms with E-state index in [0.29, 0.717) is 5.56 Å². The Kier molecular flexibility index (Phi) is 6.32. The van der Waals surface area contributed by atoms with E-state index in [2.05, 4.69) is 10.6 Å². The van der Waals surface area contributed by atoms with E-state index in [-0.39, 0.29) is 37.2 Å². The Hall–Kier alpha value is -2.40. The van der Waals surface area contributed by atoms with Crippen molar-refractivity contribution in [1.82, 2.24) is 10.6 Å². The highest BCUT2D eigenvalue weighted by atomic mass is 16.3. The van der Waals surface area contributed by atoms with Gasteiger partial charge in [-0.15, -0.1) is 0 Å². The minimum atomic E-state index is -0.554. The van der Waals surface area contributed by atoms with Crippen molar-refractivity contribution in [3.05, 3.63) is 48.0 Å². The van der Waals surface area contributed by atoms with Crippen LogP contribution in [-0.4, -0.2) is 36.1 Å². The van der Waals surface area contributed by atoms with Crippen LogP contribution in [0.25, 0.3) is 10.8 Å². The fourth-order valence-electron chi connectivity index (χ4n) is 2.26. The van der Waals surface area contributed by atoms with Crippen LogP contribution in [0, 0.1) is 5.92 Å². The molecule has 5 heteroatoms. The summed E-state index contributed by atoms with van der Waals surface area (Å²) in [4.78, 5) is 23.8. The van der Waals surface area contributed by atoms with Crippen molar-refractivity contribution in [2.24, 2.45) is 5.92 Å². The molecular formula is C19H24N2O3. The standard InChI is InChI=1S/C19H24N2O3/c1-13(2)17(22)12-21-18(23)9-10-20-19(24)16-8-7-14-5-3-4-6-15(14)11-16/h3-8,11,13,17,22H,9-10,12H2,1-2H3,(H,20,24)(H,21,23). The van der Waals surface area contributed by atoms with E-state index in [0.717, 1.165) is 10.8 Å². The van der Waals surface area contributed by atoms with Gasteiger partial charge < -0.3 is 15.7 Å². The van der Waals surface area contributed by atoms with Crippen LogP contribution >= 0.6 is 0 Å². The number of carbonyl (C=O) groups excluding carboxylic acids is 2. The summed E-state index contributed by atoms with van der Waals surface area (Å²) >= 11 is 0. The van der Waals surface area contributed by atoms with Crippen molar-refractivity contribution in [2.45, 2.75) is 26.4 Å². The molecule has 0 fully saturated rings. The monoisotopic (exact) mass is 328 g/mol. The number of rotatable bonds is 7. The summed E-state index contributed by atoms with van der Waals surface area (Å²) in [5.41, 5.74) is 0.573. The molecule has 2 aromatic rings. The number of aliphatic hydroxyl groups is 1. The van der Waals surface area contributed by atoms with Gasteiger partial charge in [0.25, 0.3) is 5.91 Å². The molecule has 2 amide bonds. The second-order valence-corrected chi connectivity index (χ2v) is 6.18. The van der Waals surface area contributed by atoms with Gasteiger partial charge in [-0.3, -0.25) is 9.59 Å². The van der Waals surface area contributed by atoms with E-state index < -0.39 is 6.10 Å². The third-order valence-electron chi connectivity index (χ3n) is 3.93. The third-order valence-corrected chi connectivity index (χ3v) is 3.93. The smallest absolute Gasteiger partial charge is 0.251 e. The van der Waals surface area contributed by atoms with Crippen LogP contribution in [0.15, 0.2) is 42.5 Å². The van der Waals surface area contributed by atoms with Gasteiger partial charge in [-0.2, -0.15) is 0 Å². The van der Waals surface area contributed by atoms with Crippen molar-refractivity contribution >= 4 is 22.6 Å². The molecule has 1 unspecified atom stereocenters. The summed E-state index contributed by atoms with van der Waals surface area (Å²) in [5.74, 6) is -0.290. The Bertz CT molecular complexity index is 713. The zero-order valence-corrected chi connectivity index (χ0v) is 14.1. The molecule has 1 atom stereocenters. The molecule has 0 aliphatic carbocycles. The van der Waals surface area contributed by atoms with Crippen molar-refractivity contribution in [3.8, 4) is 0 Å². The van der Waals surface area contributed by atoms with Crippen LogP contribution in [0.2, 0.25) is 0 Å². The van der Waals surface area contributed by atoms with Gasteiger partial charge in [0.05, 0.1) is 6.10 Å². The molecule has 0 saturated heterocycles. The van der Waals surface area contributed by atoms with Crippen LogP contribution in [0.5, 0.6) is 0 Å². The maximum atomic E-state index is 12.1. The Morgan fingerprint density at radius 3 is 2.46 bits per heavy atom. The number of nitrogens with one attached hydrogen (secondary N) is 2. The quantitative estimate of drug-likeness (QED) is 0.728. The van der Waals surface area contributed by atoms with E-state index in [1.807, 2.05) is 50.2 Å². The molecule has 24 heavy (non-hydrogen) atoms. The number of carbonyl (C=O) groups is 2. The highest BCUT2D eigenvalue weighted by molar-refractivity contribution is 5.98. The van der Waals surface area contributed by atoms with Gasteiger partial charge in [-0.05, 0) is 28.8 Å². The highest BCUT2D eigenvalue weighted by Crippen LogP contribution is 2.15. The first kappa shape index (κ1) is 17.9. The van der Waals surface area contributed by atoms with Crippen molar-refractivity contribution in [3.63, 3.8) is 0 Å². The minimum absolute atomic E-state index is 0.0953. The lowest BCUT2D eigenvalue weighted by atomic mass is 10.1. The lowest BCUT2D eigenvalue weighted by Crippen LogP contribution is -2.36. The first-order valence-corrected chi connectivity index (χ1v) is 8.19.